The van der Waals surface area contributed by atoms with Crippen molar-refractivity contribution in [2.45, 2.75) is 25.3 Å². The minimum atomic E-state index is 0.0296. The predicted molar refractivity (Wildman–Crippen MR) is 99.2 cm³/mol. The number of nitrogens with one attached hydrogen (secondary N) is 1. The number of guanidine groups is 1. The van der Waals surface area contributed by atoms with E-state index >= 15 is 0 Å². The Morgan fingerprint density at radius 2 is 1.67 bits per heavy atom. The molecule has 0 radical (unpaired) electrons. The molecular formula is C21H21N3. The molecule has 3 heteroatoms. The molecule has 0 aromatic heterocycles. The number of nitrogens with zero attached hydrogens (tertiary/aromatic N) is 1. The van der Waals surface area contributed by atoms with E-state index in [-0.39, 0.29) is 6.04 Å². The van der Waals surface area contributed by atoms with Crippen LogP contribution in [0, 0.1) is 0 Å². The molecule has 2 aromatic carbocycles. The molecule has 1 aliphatic carbocycles. The Morgan fingerprint density at radius 1 is 0.958 bits per heavy atom. The van der Waals surface area contributed by atoms with Crippen LogP contribution < -0.4 is 11.1 Å². The highest BCUT2D eigenvalue weighted by Gasteiger charge is 2.28. The summed E-state index contributed by atoms with van der Waals surface area (Å²) in [6, 6.07) is 20.9. The maximum Gasteiger partial charge on any atom is 0.194 e. The molecular weight excluding hydrogens is 294 g/mol. The lowest BCUT2D eigenvalue weighted by Crippen LogP contribution is -2.38. The van der Waals surface area contributed by atoms with E-state index in [1.807, 2.05) is 12.1 Å². The molecule has 24 heavy (non-hydrogen) atoms. The molecule has 0 saturated carbocycles. The van der Waals surface area contributed by atoms with Gasteiger partial charge >= 0.3 is 0 Å². The molecule has 0 spiro atoms. The van der Waals surface area contributed by atoms with Gasteiger partial charge in [0, 0.05) is 5.70 Å². The van der Waals surface area contributed by atoms with Gasteiger partial charge in [0.25, 0.3) is 0 Å². The minimum absolute atomic E-state index is 0.0296. The highest BCUT2D eigenvalue weighted by Crippen LogP contribution is 2.40. The average Bonchev–Trinajstić information content (AvgIpc) is 2.63. The molecule has 0 amide bonds. The van der Waals surface area contributed by atoms with Crippen LogP contribution in [0.3, 0.4) is 0 Å². The van der Waals surface area contributed by atoms with Crippen molar-refractivity contribution in [2.75, 3.05) is 0 Å². The van der Waals surface area contributed by atoms with Crippen LogP contribution in [-0.2, 0) is 0 Å². The number of allylic oxidation sites excluding steroid dienone is 1. The normalized spacial score (nSPS) is 21.9. The van der Waals surface area contributed by atoms with Gasteiger partial charge < -0.3 is 11.1 Å². The first-order valence-corrected chi connectivity index (χ1v) is 8.45. The van der Waals surface area contributed by atoms with Crippen molar-refractivity contribution in [1.82, 2.24) is 5.32 Å². The molecule has 0 fully saturated rings. The van der Waals surface area contributed by atoms with Crippen molar-refractivity contribution in [3.05, 3.63) is 88.6 Å². The summed E-state index contributed by atoms with van der Waals surface area (Å²) in [4.78, 5) is 4.68. The summed E-state index contributed by atoms with van der Waals surface area (Å²) in [5.41, 5.74) is 12.4. The number of aliphatic imine (C=N–C) groups is 1. The predicted octanol–water partition coefficient (Wildman–Crippen LogP) is 4.17. The standard InChI is InChI=1S/C21H21N3/c22-21-23-19(16-10-5-2-6-11-16)18-13-7-12-17(20(18)24-21)14-15-8-3-1-4-9-15/h1-6,8-11,14,19H,7,12-13H2,(H3,22,23,24)/b17-14+. The van der Waals surface area contributed by atoms with Crippen LogP contribution in [0.5, 0.6) is 0 Å². The molecule has 1 atom stereocenters. The first-order chi connectivity index (χ1) is 11.8. The fraction of sp³-hybridized carbons (Fsp3) is 0.190. The van der Waals surface area contributed by atoms with E-state index in [0.29, 0.717) is 5.96 Å². The molecule has 3 N–H and O–H groups in total. The maximum atomic E-state index is 6.10. The number of rotatable bonds is 2. The molecule has 3 nitrogen and oxygen atoms in total. The largest absolute Gasteiger partial charge is 0.370 e. The molecule has 2 aromatic rings. The van der Waals surface area contributed by atoms with E-state index in [0.717, 1.165) is 19.3 Å². The van der Waals surface area contributed by atoms with E-state index in [2.05, 4.69) is 64.9 Å². The van der Waals surface area contributed by atoms with Gasteiger partial charge in [0.1, 0.15) is 6.04 Å². The third kappa shape index (κ3) is 2.85. The topological polar surface area (TPSA) is 50.4 Å². The average molecular weight is 315 g/mol. The summed E-state index contributed by atoms with van der Waals surface area (Å²) in [5.74, 6) is 0.503. The number of hydrogen-bond donors (Lipinski definition) is 2. The SMILES string of the molecule is NC1=NC(c2ccccc2)C2=C(N1)/C(=C/c1ccccc1)CCC2. The second-order valence-electron chi connectivity index (χ2n) is 6.29. The molecule has 1 aliphatic heterocycles. The van der Waals surface area contributed by atoms with Crippen molar-refractivity contribution in [3.8, 4) is 0 Å². The fourth-order valence-corrected chi connectivity index (χ4v) is 3.54. The van der Waals surface area contributed by atoms with Crippen LogP contribution in [0.2, 0.25) is 0 Å². The Labute approximate surface area is 142 Å². The molecule has 0 bridgehead atoms. The van der Waals surface area contributed by atoms with Gasteiger partial charge in [0.15, 0.2) is 5.96 Å². The quantitative estimate of drug-likeness (QED) is 0.874. The van der Waals surface area contributed by atoms with Crippen LogP contribution >= 0.6 is 0 Å². The number of hydrogen-bond acceptors (Lipinski definition) is 3. The highest BCUT2D eigenvalue weighted by molar-refractivity contribution is 5.84. The first kappa shape index (κ1) is 14.8. The van der Waals surface area contributed by atoms with E-state index in [9.17, 15) is 0 Å². The van der Waals surface area contributed by atoms with Crippen molar-refractivity contribution in [2.24, 2.45) is 10.7 Å². The van der Waals surface area contributed by atoms with Gasteiger partial charge in [0.05, 0.1) is 0 Å². The van der Waals surface area contributed by atoms with Gasteiger partial charge in [-0.2, -0.15) is 0 Å². The molecule has 1 heterocycles. The van der Waals surface area contributed by atoms with E-state index < -0.39 is 0 Å². The van der Waals surface area contributed by atoms with Crippen molar-refractivity contribution in [1.29, 1.82) is 0 Å². The zero-order valence-electron chi connectivity index (χ0n) is 13.6. The van der Waals surface area contributed by atoms with Crippen molar-refractivity contribution < 1.29 is 0 Å². The summed E-state index contributed by atoms with van der Waals surface area (Å²) >= 11 is 0. The monoisotopic (exact) mass is 315 g/mol. The molecule has 1 unspecified atom stereocenters. The Bertz CT molecular complexity index is 817. The minimum Gasteiger partial charge on any atom is -0.370 e. The van der Waals surface area contributed by atoms with Gasteiger partial charge in [-0.3, -0.25) is 0 Å². The van der Waals surface area contributed by atoms with Gasteiger partial charge in [-0.25, -0.2) is 4.99 Å². The summed E-state index contributed by atoms with van der Waals surface area (Å²) in [5, 5.41) is 3.33. The van der Waals surface area contributed by atoms with E-state index in [1.54, 1.807) is 0 Å². The van der Waals surface area contributed by atoms with Crippen LogP contribution in [0.25, 0.3) is 6.08 Å². The van der Waals surface area contributed by atoms with Crippen molar-refractivity contribution in [3.63, 3.8) is 0 Å². The van der Waals surface area contributed by atoms with E-state index in [1.165, 1.54) is 28.0 Å². The lowest BCUT2D eigenvalue weighted by atomic mass is 9.84. The summed E-state index contributed by atoms with van der Waals surface area (Å²) in [6.07, 6.45) is 5.54. The lowest BCUT2D eigenvalue weighted by molar-refractivity contribution is 0.654. The number of benzene rings is 2. The Kier molecular flexibility index (Phi) is 3.91. The zero-order valence-corrected chi connectivity index (χ0v) is 13.6. The third-order valence-corrected chi connectivity index (χ3v) is 4.64. The molecule has 4 rings (SSSR count). The highest BCUT2D eigenvalue weighted by atomic mass is 15.1. The fourth-order valence-electron chi connectivity index (χ4n) is 3.54. The Balaban J connectivity index is 1.77. The Morgan fingerprint density at radius 3 is 2.42 bits per heavy atom. The molecule has 2 aliphatic rings. The van der Waals surface area contributed by atoms with Gasteiger partial charge in [-0.1, -0.05) is 60.7 Å². The summed E-state index contributed by atoms with van der Waals surface area (Å²) < 4.78 is 0. The second-order valence-corrected chi connectivity index (χ2v) is 6.29. The van der Waals surface area contributed by atoms with Crippen molar-refractivity contribution >= 4 is 12.0 Å². The third-order valence-electron chi connectivity index (χ3n) is 4.64. The zero-order chi connectivity index (χ0) is 16.4. The van der Waals surface area contributed by atoms with Gasteiger partial charge in [-0.15, -0.1) is 0 Å². The summed E-state index contributed by atoms with van der Waals surface area (Å²) in [6.45, 7) is 0. The van der Waals surface area contributed by atoms with E-state index in [4.69, 9.17) is 5.73 Å². The van der Waals surface area contributed by atoms with Crippen LogP contribution in [0.1, 0.15) is 36.4 Å². The van der Waals surface area contributed by atoms with Crippen LogP contribution in [0.15, 0.2) is 82.5 Å². The lowest BCUT2D eigenvalue weighted by Gasteiger charge is -2.32. The van der Waals surface area contributed by atoms with Crippen LogP contribution in [0.4, 0.5) is 0 Å². The van der Waals surface area contributed by atoms with Gasteiger partial charge in [-0.05, 0) is 47.6 Å². The number of nitrogens with two attached hydrogens (primary N) is 1. The van der Waals surface area contributed by atoms with Crippen LogP contribution in [-0.4, -0.2) is 5.96 Å². The molecule has 120 valence electrons. The van der Waals surface area contributed by atoms with Gasteiger partial charge in [0.2, 0.25) is 0 Å². The Hall–Kier alpha value is -2.81. The smallest absolute Gasteiger partial charge is 0.194 e. The first-order valence-electron chi connectivity index (χ1n) is 8.45. The molecule has 0 saturated heterocycles. The second kappa shape index (κ2) is 6.36. The maximum absolute atomic E-state index is 6.10. The summed E-state index contributed by atoms with van der Waals surface area (Å²) in [7, 11) is 0.